The van der Waals surface area contributed by atoms with E-state index in [1.807, 2.05) is 7.05 Å². The van der Waals surface area contributed by atoms with E-state index in [1.54, 1.807) is 0 Å². The molecule has 0 saturated carbocycles. The third-order valence-corrected chi connectivity index (χ3v) is 2.49. The minimum absolute atomic E-state index is 0.303. The van der Waals surface area contributed by atoms with Crippen LogP contribution in [0.3, 0.4) is 0 Å². The normalized spacial score (nSPS) is 18.9. The van der Waals surface area contributed by atoms with Gasteiger partial charge < -0.3 is 5.32 Å². The first-order valence-electron chi connectivity index (χ1n) is 2.50. The smallest absolute Gasteiger partial charge is 0.0671 e. The lowest BCUT2D eigenvalue weighted by Gasteiger charge is -2.18. The monoisotopic (exact) mass is 213 g/mol. The molecular formula is C5H12IN. The van der Waals surface area contributed by atoms with E-state index in [1.165, 1.54) is 6.42 Å². The Morgan fingerprint density at radius 3 is 2.14 bits per heavy atom. The van der Waals surface area contributed by atoms with Crippen molar-refractivity contribution in [3.8, 4) is 0 Å². The van der Waals surface area contributed by atoms with Gasteiger partial charge in [-0.2, -0.15) is 0 Å². The van der Waals surface area contributed by atoms with Crippen LogP contribution in [0.15, 0.2) is 0 Å². The summed E-state index contributed by atoms with van der Waals surface area (Å²) in [6.45, 7) is 4.34. The van der Waals surface area contributed by atoms with Crippen LogP contribution in [0.2, 0.25) is 0 Å². The molecule has 7 heavy (non-hydrogen) atoms. The van der Waals surface area contributed by atoms with Gasteiger partial charge in [0.1, 0.15) is 0 Å². The maximum atomic E-state index is 3.18. The van der Waals surface area contributed by atoms with Crippen molar-refractivity contribution in [3.63, 3.8) is 0 Å². The van der Waals surface area contributed by atoms with Crippen LogP contribution in [0.4, 0.5) is 0 Å². The van der Waals surface area contributed by atoms with Crippen molar-refractivity contribution in [2.75, 3.05) is 7.05 Å². The minimum Gasteiger partial charge on any atom is -0.306 e. The molecule has 0 amide bonds. The molecule has 0 bridgehead atoms. The summed E-state index contributed by atoms with van der Waals surface area (Å²) >= 11 is 2.39. The quantitative estimate of drug-likeness (QED) is 0.418. The van der Waals surface area contributed by atoms with Gasteiger partial charge in [0.2, 0.25) is 0 Å². The highest BCUT2D eigenvalue weighted by Crippen LogP contribution is 2.16. The van der Waals surface area contributed by atoms with Gasteiger partial charge in [0.05, 0.1) is 3.55 Å². The Morgan fingerprint density at radius 2 is 2.14 bits per heavy atom. The molecule has 1 nitrogen and oxygen atoms in total. The molecule has 2 heteroatoms. The molecule has 0 aromatic heterocycles. The number of alkyl halides is 1. The lowest BCUT2D eigenvalue weighted by molar-refractivity contribution is 0.567. The van der Waals surface area contributed by atoms with Gasteiger partial charge in [-0.1, -0.05) is 29.5 Å². The first kappa shape index (κ1) is 7.69. The molecule has 0 fully saturated rings. The fraction of sp³-hybridized carbons (Fsp3) is 1.00. The van der Waals surface area contributed by atoms with Crippen LogP contribution >= 0.6 is 22.6 Å². The molecule has 0 radical (unpaired) electrons. The Kier molecular flexibility index (Phi) is 3.15. The lowest BCUT2D eigenvalue weighted by atomic mass is 10.3. The average molecular weight is 213 g/mol. The highest BCUT2D eigenvalue weighted by molar-refractivity contribution is 14.1. The van der Waals surface area contributed by atoms with Crippen molar-refractivity contribution in [1.29, 1.82) is 0 Å². The molecule has 0 heterocycles. The van der Waals surface area contributed by atoms with Gasteiger partial charge in [-0.15, -0.1) is 0 Å². The fourth-order valence-corrected chi connectivity index (χ4v) is 0.177. The summed E-state index contributed by atoms with van der Waals surface area (Å²) in [5.74, 6) is 0. The third-order valence-electron chi connectivity index (χ3n) is 1.19. The van der Waals surface area contributed by atoms with E-state index in [0.29, 0.717) is 3.55 Å². The van der Waals surface area contributed by atoms with Gasteiger partial charge in [0, 0.05) is 0 Å². The zero-order valence-electron chi connectivity index (χ0n) is 5.09. The highest BCUT2D eigenvalue weighted by Gasteiger charge is 2.11. The third kappa shape index (κ3) is 3.29. The first-order valence-corrected chi connectivity index (χ1v) is 3.58. The van der Waals surface area contributed by atoms with E-state index in [-0.39, 0.29) is 0 Å². The van der Waals surface area contributed by atoms with Crippen LogP contribution in [0.5, 0.6) is 0 Å². The minimum atomic E-state index is 0.303. The SMILES string of the molecule is CCC(C)(I)NC. The van der Waals surface area contributed by atoms with Gasteiger partial charge in [-0.3, -0.25) is 0 Å². The average Bonchev–Trinajstić information content (AvgIpc) is 1.68. The second-order valence-corrected chi connectivity index (χ2v) is 4.18. The summed E-state index contributed by atoms with van der Waals surface area (Å²) < 4.78 is 0.303. The molecule has 1 unspecified atom stereocenters. The van der Waals surface area contributed by atoms with Crippen molar-refractivity contribution in [2.24, 2.45) is 0 Å². The zero-order valence-corrected chi connectivity index (χ0v) is 7.24. The summed E-state index contributed by atoms with van der Waals surface area (Å²) in [6.07, 6.45) is 1.17. The van der Waals surface area contributed by atoms with Crippen molar-refractivity contribution < 1.29 is 0 Å². The van der Waals surface area contributed by atoms with Gasteiger partial charge in [0.15, 0.2) is 0 Å². The van der Waals surface area contributed by atoms with E-state index < -0.39 is 0 Å². The van der Waals surface area contributed by atoms with Crippen molar-refractivity contribution in [1.82, 2.24) is 5.32 Å². The molecule has 1 N–H and O–H groups in total. The van der Waals surface area contributed by atoms with Gasteiger partial charge in [-0.25, -0.2) is 0 Å². The first-order chi connectivity index (χ1) is 3.12. The van der Waals surface area contributed by atoms with Crippen molar-refractivity contribution >= 4 is 22.6 Å². The van der Waals surface area contributed by atoms with Crippen LogP contribution in [-0.2, 0) is 0 Å². The molecule has 0 aromatic carbocycles. The maximum absolute atomic E-state index is 3.18. The van der Waals surface area contributed by atoms with E-state index in [0.717, 1.165) is 0 Å². The van der Waals surface area contributed by atoms with E-state index in [9.17, 15) is 0 Å². The molecule has 1 atom stereocenters. The van der Waals surface area contributed by atoms with Gasteiger partial charge in [-0.05, 0) is 20.4 Å². The molecule has 0 rings (SSSR count). The summed E-state index contributed by atoms with van der Waals surface area (Å²) in [5, 5.41) is 3.18. The number of rotatable bonds is 2. The Bertz CT molecular complexity index is 46.0. The predicted molar refractivity (Wildman–Crippen MR) is 41.8 cm³/mol. The largest absolute Gasteiger partial charge is 0.306 e. The molecule has 0 saturated heterocycles. The van der Waals surface area contributed by atoms with Crippen molar-refractivity contribution in [3.05, 3.63) is 0 Å². The second kappa shape index (κ2) is 2.87. The van der Waals surface area contributed by atoms with Crippen LogP contribution in [0.1, 0.15) is 20.3 Å². The Morgan fingerprint density at radius 1 is 1.71 bits per heavy atom. The fourth-order valence-electron chi connectivity index (χ4n) is 0.177. The Balaban J connectivity index is 3.36. The van der Waals surface area contributed by atoms with E-state index >= 15 is 0 Å². The zero-order chi connectivity index (χ0) is 5.91. The number of hydrogen-bond donors (Lipinski definition) is 1. The molecule has 0 aliphatic rings. The number of halogens is 1. The summed E-state index contributed by atoms with van der Waals surface area (Å²) in [7, 11) is 1.98. The lowest BCUT2D eigenvalue weighted by Crippen LogP contribution is -2.31. The van der Waals surface area contributed by atoms with E-state index in [4.69, 9.17) is 0 Å². The predicted octanol–water partition coefficient (Wildman–Crippen LogP) is 1.77. The van der Waals surface area contributed by atoms with Crippen LogP contribution in [0, 0.1) is 0 Å². The second-order valence-electron chi connectivity index (χ2n) is 1.80. The molecular weight excluding hydrogens is 201 g/mol. The Labute approximate surface area is 59.0 Å². The molecule has 0 spiro atoms. The summed E-state index contributed by atoms with van der Waals surface area (Å²) in [5.41, 5.74) is 0. The van der Waals surface area contributed by atoms with Crippen LogP contribution in [-0.4, -0.2) is 10.6 Å². The summed E-state index contributed by atoms with van der Waals surface area (Å²) in [4.78, 5) is 0. The highest BCUT2D eigenvalue weighted by atomic mass is 127. The topological polar surface area (TPSA) is 12.0 Å². The Hall–Kier alpha value is 0.690. The van der Waals surface area contributed by atoms with Gasteiger partial charge >= 0.3 is 0 Å². The standard InChI is InChI=1S/C5H12IN/c1-4-5(2,6)7-3/h7H,4H2,1-3H3. The van der Waals surface area contributed by atoms with Gasteiger partial charge in [0.25, 0.3) is 0 Å². The number of hydrogen-bond acceptors (Lipinski definition) is 1. The van der Waals surface area contributed by atoms with Crippen LogP contribution in [0.25, 0.3) is 0 Å². The van der Waals surface area contributed by atoms with E-state index in [2.05, 4.69) is 41.8 Å². The molecule has 0 aliphatic carbocycles. The number of nitrogens with one attached hydrogen (secondary N) is 1. The molecule has 0 aromatic rings. The molecule has 0 aliphatic heterocycles. The summed E-state index contributed by atoms with van der Waals surface area (Å²) in [6, 6.07) is 0. The van der Waals surface area contributed by atoms with Crippen molar-refractivity contribution in [2.45, 2.75) is 23.8 Å². The maximum Gasteiger partial charge on any atom is 0.0671 e. The molecule has 44 valence electrons. The van der Waals surface area contributed by atoms with Crippen LogP contribution < -0.4 is 5.32 Å².